The summed E-state index contributed by atoms with van der Waals surface area (Å²) in [5, 5.41) is 0. The van der Waals surface area contributed by atoms with Gasteiger partial charge in [-0.05, 0) is 43.6 Å². The molecule has 2 rings (SSSR count). The van der Waals surface area contributed by atoms with Crippen molar-refractivity contribution in [2.45, 2.75) is 52.1 Å². The molecule has 0 aromatic heterocycles. The van der Waals surface area contributed by atoms with Crippen LogP contribution in [0.3, 0.4) is 0 Å². The number of hydrogen-bond donors (Lipinski definition) is 1. The van der Waals surface area contributed by atoms with Gasteiger partial charge >= 0.3 is 0 Å². The van der Waals surface area contributed by atoms with Crippen molar-refractivity contribution in [2.24, 2.45) is 23.0 Å². The van der Waals surface area contributed by atoms with Crippen LogP contribution < -0.4 is 5.73 Å². The molecular formula is C13H26N2. The summed E-state index contributed by atoms with van der Waals surface area (Å²) >= 11 is 0. The third-order valence-electron chi connectivity index (χ3n) is 4.77. The Morgan fingerprint density at radius 3 is 2.40 bits per heavy atom. The quantitative estimate of drug-likeness (QED) is 0.773. The molecule has 2 saturated carbocycles. The van der Waals surface area contributed by atoms with E-state index in [0.717, 1.165) is 11.8 Å². The van der Waals surface area contributed by atoms with Crippen molar-refractivity contribution in [2.75, 3.05) is 13.6 Å². The third kappa shape index (κ3) is 2.21. The average molecular weight is 210 g/mol. The van der Waals surface area contributed by atoms with E-state index >= 15 is 0 Å². The smallest absolute Gasteiger partial charge is 0.0249 e. The molecule has 2 aliphatic rings. The molecule has 0 saturated heterocycles. The molecule has 2 aliphatic carbocycles. The Balaban J connectivity index is 1.88. The van der Waals surface area contributed by atoms with Crippen molar-refractivity contribution in [1.29, 1.82) is 0 Å². The molecule has 0 radical (unpaired) electrons. The maximum atomic E-state index is 6.35. The van der Waals surface area contributed by atoms with Crippen molar-refractivity contribution >= 4 is 0 Å². The van der Waals surface area contributed by atoms with Crippen molar-refractivity contribution in [1.82, 2.24) is 4.90 Å². The molecule has 0 heterocycles. The monoisotopic (exact) mass is 210 g/mol. The molecule has 0 bridgehead atoms. The molecule has 0 aromatic carbocycles. The highest BCUT2D eigenvalue weighted by Gasteiger charge is 2.43. The van der Waals surface area contributed by atoms with Crippen molar-refractivity contribution < 1.29 is 0 Å². The maximum absolute atomic E-state index is 6.35. The van der Waals surface area contributed by atoms with Gasteiger partial charge in [0.1, 0.15) is 0 Å². The van der Waals surface area contributed by atoms with Gasteiger partial charge in [-0.25, -0.2) is 0 Å². The standard InChI is InChI=1S/C13H26N2/c1-9-7-10(9)8-15(4)11-5-6-13(2,3)12(11)14/h9-12H,5-8,14H2,1-4H3. The second-order valence-corrected chi connectivity index (χ2v) is 6.53. The third-order valence-corrected chi connectivity index (χ3v) is 4.77. The van der Waals surface area contributed by atoms with Gasteiger partial charge < -0.3 is 10.6 Å². The van der Waals surface area contributed by atoms with Crippen LogP contribution in [0.5, 0.6) is 0 Å². The normalized spacial score (nSPS) is 43.6. The van der Waals surface area contributed by atoms with E-state index < -0.39 is 0 Å². The van der Waals surface area contributed by atoms with E-state index in [0.29, 0.717) is 17.5 Å². The van der Waals surface area contributed by atoms with E-state index in [9.17, 15) is 0 Å². The van der Waals surface area contributed by atoms with Gasteiger partial charge in [0.15, 0.2) is 0 Å². The van der Waals surface area contributed by atoms with E-state index in [4.69, 9.17) is 5.73 Å². The van der Waals surface area contributed by atoms with E-state index in [-0.39, 0.29) is 0 Å². The molecule has 0 spiro atoms. The maximum Gasteiger partial charge on any atom is 0.0249 e. The highest BCUT2D eigenvalue weighted by atomic mass is 15.2. The lowest BCUT2D eigenvalue weighted by molar-refractivity contribution is 0.190. The molecule has 0 aromatic rings. The largest absolute Gasteiger partial charge is 0.326 e. The van der Waals surface area contributed by atoms with E-state index in [1.165, 1.54) is 25.8 Å². The lowest BCUT2D eigenvalue weighted by Gasteiger charge is -2.32. The zero-order valence-corrected chi connectivity index (χ0v) is 10.7. The molecule has 2 heteroatoms. The Morgan fingerprint density at radius 1 is 1.40 bits per heavy atom. The predicted molar refractivity (Wildman–Crippen MR) is 64.7 cm³/mol. The molecule has 88 valence electrons. The Kier molecular flexibility index (Phi) is 2.85. The topological polar surface area (TPSA) is 29.3 Å². The number of rotatable bonds is 3. The van der Waals surface area contributed by atoms with Crippen LogP contribution >= 0.6 is 0 Å². The first-order valence-corrected chi connectivity index (χ1v) is 6.37. The van der Waals surface area contributed by atoms with Crippen LogP contribution in [0.15, 0.2) is 0 Å². The van der Waals surface area contributed by atoms with E-state index in [1.54, 1.807) is 0 Å². The van der Waals surface area contributed by atoms with Gasteiger partial charge in [-0.1, -0.05) is 20.8 Å². The molecule has 15 heavy (non-hydrogen) atoms. The first-order chi connectivity index (χ1) is 6.92. The number of hydrogen-bond acceptors (Lipinski definition) is 2. The Morgan fingerprint density at radius 2 is 2.00 bits per heavy atom. The second kappa shape index (κ2) is 3.74. The van der Waals surface area contributed by atoms with Gasteiger partial charge in [-0.3, -0.25) is 0 Å². The van der Waals surface area contributed by atoms with Gasteiger partial charge in [0, 0.05) is 18.6 Å². The van der Waals surface area contributed by atoms with Gasteiger partial charge in [0.05, 0.1) is 0 Å². The fraction of sp³-hybridized carbons (Fsp3) is 1.00. The molecule has 4 atom stereocenters. The second-order valence-electron chi connectivity index (χ2n) is 6.53. The predicted octanol–water partition coefficient (Wildman–Crippen LogP) is 2.09. The van der Waals surface area contributed by atoms with Gasteiger partial charge in [-0.15, -0.1) is 0 Å². The zero-order valence-electron chi connectivity index (χ0n) is 10.7. The van der Waals surface area contributed by atoms with Gasteiger partial charge in [0.2, 0.25) is 0 Å². The van der Waals surface area contributed by atoms with Crippen LogP contribution in [-0.2, 0) is 0 Å². The van der Waals surface area contributed by atoms with Crippen LogP contribution in [0, 0.1) is 17.3 Å². The van der Waals surface area contributed by atoms with Crippen molar-refractivity contribution in [3.8, 4) is 0 Å². The van der Waals surface area contributed by atoms with Crippen LogP contribution in [0.2, 0.25) is 0 Å². The minimum atomic E-state index is 0.341. The highest BCUT2D eigenvalue weighted by Crippen LogP contribution is 2.42. The van der Waals surface area contributed by atoms with Gasteiger partial charge in [-0.2, -0.15) is 0 Å². The summed E-state index contributed by atoms with van der Waals surface area (Å²) in [4.78, 5) is 2.52. The first kappa shape index (κ1) is 11.4. The molecule has 2 fully saturated rings. The van der Waals surface area contributed by atoms with E-state index in [1.807, 2.05) is 0 Å². The summed E-state index contributed by atoms with van der Waals surface area (Å²) in [6.45, 7) is 8.24. The van der Waals surface area contributed by atoms with Gasteiger partial charge in [0.25, 0.3) is 0 Å². The van der Waals surface area contributed by atoms with Crippen molar-refractivity contribution in [3.05, 3.63) is 0 Å². The van der Waals surface area contributed by atoms with Crippen LogP contribution in [0.4, 0.5) is 0 Å². The summed E-state index contributed by atoms with van der Waals surface area (Å²) in [6.07, 6.45) is 3.99. The van der Waals surface area contributed by atoms with Crippen molar-refractivity contribution in [3.63, 3.8) is 0 Å². The minimum absolute atomic E-state index is 0.341. The summed E-state index contributed by atoms with van der Waals surface area (Å²) in [5.41, 5.74) is 6.69. The number of likely N-dealkylation sites (N-methyl/N-ethyl adjacent to an activating group) is 1. The first-order valence-electron chi connectivity index (χ1n) is 6.37. The average Bonchev–Trinajstić information content (AvgIpc) is 2.73. The number of nitrogens with zero attached hydrogens (tertiary/aromatic N) is 1. The zero-order chi connectivity index (χ0) is 11.2. The van der Waals surface area contributed by atoms with Crippen LogP contribution in [0.1, 0.15) is 40.0 Å². The Hall–Kier alpha value is -0.0800. The molecule has 0 aliphatic heterocycles. The van der Waals surface area contributed by atoms with Crippen LogP contribution in [0.25, 0.3) is 0 Å². The lowest BCUT2D eigenvalue weighted by Crippen LogP contribution is -2.48. The minimum Gasteiger partial charge on any atom is -0.326 e. The van der Waals surface area contributed by atoms with Crippen LogP contribution in [-0.4, -0.2) is 30.6 Å². The highest BCUT2D eigenvalue weighted by molar-refractivity contribution is 4.99. The Labute approximate surface area is 94.2 Å². The summed E-state index contributed by atoms with van der Waals surface area (Å²) in [7, 11) is 2.26. The summed E-state index contributed by atoms with van der Waals surface area (Å²) in [6, 6.07) is 0.976. The molecule has 0 amide bonds. The molecular weight excluding hydrogens is 184 g/mol. The van der Waals surface area contributed by atoms with E-state index in [2.05, 4.69) is 32.7 Å². The number of nitrogens with two attached hydrogens (primary N) is 1. The molecule has 2 nitrogen and oxygen atoms in total. The molecule has 4 unspecified atom stereocenters. The fourth-order valence-corrected chi connectivity index (χ4v) is 3.04. The molecule has 2 N–H and O–H groups in total. The summed E-state index contributed by atoms with van der Waals surface area (Å²) in [5.74, 6) is 1.91. The Bertz CT molecular complexity index is 237. The summed E-state index contributed by atoms with van der Waals surface area (Å²) < 4.78 is 0. The lowest BCUT2D eigenvalue weighted by atomic mass is 9.87. The fourth-order valence-electron chi connectivity index (χ4n) is 3.04. The SMILES string of the molecule is CC1CC1CN(C)C1CCC(C)(C)C1N.